The molecule has 0 spiro atoms. The Morgan fingerprint density at radius 2 is 1.83 bits per heavy atom. The van der Waals surface area contributed by atoms with Crippen LogP contribution in [0.5, 0.6) is 0 Å². The molecule has 0 amide bonds. The second kappa shape index (κ2) is 3.34. The maximum atomic E-state index is 7.42. The molecule has 1 rings (SSSR count). The fourth-order valence-corrected chi connectivity index (χ4v) is 1.08. The number of hydrogen-bond donors (Lipinski definition) is 1. The number of hydrogen-bond acceptors (Lipinski definition) is 3. The summed E-state index contributed by atoms with van der Waals surface area (Å²) in [5, 5.41) is 7.42. The van der Waals surface area contributed by atoms with Crippen LogP contribution in [0.2, 0.25) is 0 Å². The van der Waals surface area contributed by atoms with E-state index in [0.29, 0.717) is 0 Å². The van der Waals surface area contributed by atoms with Crippen molar-refractivity contribution < 1.29 is 4.74 Å². The molecular formula is C9H12N2O. The third-order valence-corrected chi connectivity index (χ3v) is 1.55. The number of ether oxygens (including phenoxy) is 1. The molecule has 0 aliphatic rings. The molecule has 12 heavy (non-hydrogen) atoms. The van der Waals surface area contributed by atoms with Gasteiger partial charge in [0.2, 0.25) is 5.90 Å². The number of nitrogens with zero attached hydrogens (tertiary/aromatic N) is 1. The molecule has 0 bridgehead atoms. The minimum Gasteiger partial charge on any atom is -0.481 e. The first kappa shape index (κ1) is 8.71. The van der Waals surface area contributed by atoms with Crippen LogP contribution in [-0.2, 0) is 4.74 Å². The molecule has 0 saturated carbocycles. The van der Waals surface area contributed by atoms with E-state index in [1.807, 2.05) is 26.0 Å². The third-order valence-electron chi connectivity index (χ3n) is 1.55. The summed E-state index contributed by atoms with van der Waals surface area (Å²) in [6.07, 6.45) is 0. The van der Waals surface area contributed by atoms with Crippen LogP contribution in [0, 0.1) is 19.3 Å². The lowest BCUT2D eigenvalue weighted by atomic mass is 10.2. The number of nitrogens with one attached hydrogen (secondary N) is 1. The fraction of sp³-hybridized carbons (Fsp3) is 0.333. The quantitative estimate of drug-likeness (QED) is 0.507. The van der Waals surface area contributed by atoms with Gasteiger partial charge < -0.3 is 4.74 Å². The molecule has 0 radical (unpaired) electrons. The molecule has 0 atom stereocenters. The van der Waals surface area contributed by atoms with Crippen molar-refractivity contribution in [2.45, 2.75) is 13.8 Å². The maximum Gasteiger partial charge on any atom is 0.213 e. The van der Waals surface area contributed by atoms with E-state index in [2.05, 4.69) is 4.98 Å². The molecule has 1 N–H and O–H groups in total. The van der Waals surface area contributed by atoms with Crippen molar-refractivity contribution in [2.75, 3.05) is 7.11 Å². The third kappa shape index (κ3) is 1.81. The molecule has 0 unspecified atom stereocenters. The Kier molecular flexibility index (Phi) is 2.43. The minimum absolute atomic E-state index is 0.184. The van der Waals surface area contributed by atoms with E-state index in [1.54, 1.807) is 0 Å². The fourth-order valence-electron chi connectivity index (χ4n) is 1.08. The van der Waals surface area contributed by atoms with Crippen molar-refractivity contribution in [1.29, 1.82) is 5.41 Å². The van der Waals surface area contributed by atoms with Crippen molar-refractivity contribution in [3.8, 4) is 0 Å². The molecular weight excluding hydrogens is 152 g/mol. The highest BCUT2D eigenvalue weighted by atomic mass is 16.5. The van der Waals surface area contributed by atoms with Gasteiger partial charge in [0.1, 0.15) is 0 Å². The number of aryl methyl sites for hydroxylation is 2. The molecule has 0 aliphatic carbocycles. The topological polar surface area (TPSA) is 46.0 Å². The molecule has 0 aromatic carbocycles. The Bertz CT molecular complexity index is 287. The Labute approximate surface area is 71.9 Å². The lowest BCUT2D eigenvalue weighted by Crippen LogP contribution is -2.03. The monoisotopic (exact) mass is 164 g/mol. The smallest absolute Gasteiger partial charge is 0.213 e. The minimum atomic E-state index is 0.184. The molecule has 0 saturated heterocycles. The van der Waals surface area contributed by atoms with Gasteiger partial charge in [-0.3, -0.25) is 10.4 Å². The number of methoxy groups -OCH3 is 1. The summed E-state index contributed by atoms with van der Waals surface area (Å²) in [5.41, 5.74) is 2.60. The second-order valence-electron chi connectivity index (χ2n) is 2.67. The Hall–Kier alpha value is -1.38. The SMILES string of the molecule is COC(=N)c1cc(C)nc(C)c1. The summed E-state index contributed by atoms with van der Waals surface area (Å²) in [7, 11) is 1.49. The molecule has 0 aliphatic heterocycles. The van der Waals surface area contributed by atoms with Gasteiger partial charge in [-0.15, -0.1) is 0 Å². The summed E-state index contributed by atoms with van der Waals surface area (Å²) < 4.78 is 4.80. The van der Waals surface area contributed by atoms with Crippen LogP contribution < -0.4 is 0 Å². The maximum absolute atomic E-state index is 7.42. The molecule has 64 valence electrons. The summed E-state index contributed by atoms with van der Waals surface area (Å²) in [6, 6.07) is 3.66. The average molecular weight is 164 g/mol. The van der Waals surface area contributed by atoms with Gasteiger partial charge in [0.25, 0.3) is 0 Å². The summed E-state index contributed by atoms with van der Waals surface area (Å²) in [4.78, 5) is 4.20. The zero-order valence-electron chi connectivity index (χ0n) is 7.51. The summed E-state index contributed by atoms with van der Waals surface area (Å²) in [5.74, 6) is 0.184. The Morgan fingerprint density at radius 1 is 1.33 bits per heavy atom. The van der Waals surface area contributed by atoms with Crippen LogP contribution in [0.1, 0.15) is 17.0 Å². The zero-order chi connectivity index (χ0) is 9.14. The van der Waals surface area contributed by atoms with Crippen LogP contribution in [0.25, 0.3) is 0 Å². The predicted molar refractivity (Wildman–Crippen MR) is 47.5 cm³/mol. The average Bonchev–Trinajstić information content (AvgIpc) is 2.01. The normalized spacial score (nSPS) is 9.58. The van der Waals surface area contributed by atoms with Gasteiger partial charge in [0.15, 0.2) is 0 Å². The van der Waals surface area contributed by atoms with Crippen molar-refractivity contribution in [1.82, 2.24) is 4.98 Å². The van der Waals surface area contributed by atoms with Crippen molar-refractivity contribution in [3.63, 3.8) is 0 Å². The van der Waals surface area contributed by atoms with E-state index in [-0.39, 0.29) is 5.90 Å². The lowest BCUT2D eigenvalue weighted by Gasteiger charge is -2.03. The summed E-state index contributed by atoms with van der Waals surface area (Å²) in [6.45, 7) is 3.80. The van der Waals surface area contributed by atoms with Crippen LogP contribution in [0.15, 0.2) is 12.1 Å². The lowest BCUT2D eigenvalue weighted by molar-refractivity contribution is 0.401. The van der Waals surface area contributed by atoms with E-state index in [1.165, 1.54) is 7.11 Å². The van der Waals surface area contributed by atoms with Gasteiger partial charge in [-0.2, -0.15) is 0 Å². The van der Waals surface area contributed by atoms with E-state index < -0.39 is 0 Å². The van der Waals surface area contributed by atoms with Gasteiger partial charge in [0, 0.05) is 17.0 Å². The van der Waals surface area contributed by atoms with Crippen molar-refractivity contribution >= 4 is 5.90 Å². The number of rotatable bonds is 1. The number of aromatic nitrogens is 1. The van der Waals surface area contributed by atoms with Crippen LogP contribution in [0.3, 0.4) is 0 Å². The van der Waals surface area contributed by atoms with Crippen molar-refractivity contribution in [2.24, 2.45) is 0 Å². The predicted octanol–water partition coefficient (Wildman–Crippen LogP) is 1.67. The van der Waals surface area contributed by atoms with Gasteiger partial charge >= 0.3 is 0 Å². The molecule has 3 nitrogen and oxygen atoms in total. The Balaban J connectivity index is 3.08. The molecule has 1 aromatic rings. The van der Waals surface area contributed by atoms with E-state index in [4.69, 9.17) is 10.1 Å². The van der Waals surface area contributed by atoms with E-state index in [9.17, 15) is 0 Å². The Morgan fingerprint density at radius 3 is 2.25 bits per heavy atom. The van der Waals surface area contributed by atoms with E-state index >= 15 is 0 Å². The molecule has 1 heterocycles. The first-order valence-corrected chi connectivity index (χ1v) is 3.71. The van der Waals surface area contributed by atoms with Gasteiger partial charge in [0.05, 0.1) is 7.11 Å². The highest BCUT2D eigenvalue weighted by molar-refractivity contribution is 5.91. The first-order valence-electron chi connectivity index (χ1n) is 3.71. The zero-order valence-corrected chi connectivity index (χ0v) is 7.51. The van der Waals surface area contributed by atoms with Crippen LogP contribution >= 0.6 is 0 Å². The molecule has 0 fully saturated rings. The highest BCUT2D eigenvalue weighted by Gasteiger charge is 2.02. The van der Waals surface area contributed by atoms with E-state index in [0.717, 1.165) is 17.0 Å². The second-order valence-corrected chi connectivity index (χ2v) is 2.67. The van der Waals surface area contributed by atoms with Crippen LogP contribution in [-0.4, -0.2) is 18.0 Å². The number of pyridine rings is 1. The van der Waals surface area contributed by atoms with Gasteiger partial charge in [-0.25, -0.2) is 0 Å². The summed E-state index contributed by atoms with van der Waals surface area (Å²) >= 11 is 0. The molecule has 3 heteroatoms. The van der Waals surface area contributed by atoms with Gasteiger partial charge in [-0.05, 0) is 26.0 Å². The highest BCUT2D eigenvalue weighted by Crippen LogP contribution is 2.05. The molecule has 1 aromatic heterocycles. The van der Waals surface area contributed by atoms with Crippen LogP contribution in [0.4, 0.5) is 0 Å². The standard InChI is InChI=1S/C9H12N2O/c1-6-4-8(9(10)12-3)5-7(2)11-6/h4-5,10H,1-3H3. The first-order chi connectivity index (χ1) is 5.63. The van der Waals surface area contributed by atoms with Crippen molar-refractivity contribution in [3.05, 3.63) is 29.1 Å². The largest absolute Gasteiger partial charge is 0.481 e. The van der Waals surface area contributed by atoms with Gasteiger partial charge in [-0.1, -0.05) is 0 Å².